The van der Waals surface area contributed by atoms with Gasteiger partial charge in [-0.05, 0) is 49.9 Å². The lowest BCUT2D eigenvalue weighted by molar-refractivity contribution is 0.235. The third-order valence-electron chi connectivity index (χ3n) is 4.01. The van der Waals surface area contributed by atoms with Gasteiger partial charge in [0.05, 0.1) is 12.1 Å². The topological polar surface area (TPSA) is 41.1 Å². The molecule has 0 aliphatic heterocycles. The van der Waals surface area contributed by atoms with Gasteiger partial charge in [0.25, 0.3) is 0 Å². The van der Waals surface area contributed by atoms with Crippen LogP contribution in [0.1, 0.15) is 48.2 Å². The summed E-state index contributed by atoms with van der Waals surface area (Å²) in [4.78, 5) is 12.2. The average Bonchev–Trinajstić information content (AvgIpc) is 2.47. The molecule has 22 heavy (non-hydrogen) atoms. The summed E-state index contributed by atoms with van der Waals surface area (Å²) in [5.74, 6) is 0. The molecular formula is C19H24N2O. The first-order valence-electron chi connectivity index (χ1n) is 7.67. The zero-order valence-corrected chi connectivity index (χ0v) is 13.7. The summed E-state index contributed by atoms with van der Waals surface area (Å²) in [6.45, 7) is 8.11. The molecule has 0 aliphatic rings. The monoisotopic (exact) mass is 296 g/mol. The molecule has 116 valence electrons. The van der Waals surface area contributed by atoms with Crippen LogP contribution in [-0.4, -0.2) is 6.03 Å². The molecule has 3 nitrogen and oxygen atoms in total. The van der Waals surface area contributed by atoms with Crippen LogP contribution in [0.4, 0.5) is 4.79 Å². The van der Waals surface area contributed by atoms with Gasteiger partial charge in [0.2, 0.25) is 0 Å². The lowest BCUT2D eigenvalue weighted by Crippen LogP contribution is -2.38. The number of carbonyl (C=O) groups is 1. The van der Waals surface area contributed by atoms with Crippen LogP contribution >= 0.6 is 0 Å². The van der Waals surface area contributed by atoms with E-state index in [0.29, 0.717) is 0 Å². The molecule has 2 atom stereocenters. The fourth-order valence-electron chi connectivity index (χ4n) is 2.74. The highest BCUT2D eigenvalue weighted by atomic mass is 16.2. The smallest absolute Gasteiger partial charge is 0.315 e. The highest BCUT2D eigenvalue weighted by Crippen LogP contribution is 2.18. The zero-order valence-electron chi connectivity index (χ0n) is 13.7. The Kier molecular flexibility index (Phi) is 5.21. The highest BCUT2D eigenvalue weighted by molar-refractivity contribution is 5.75. The lowest BCUT2D eigenvalue weighted by atomic mass is 10.0. The number of hydrogen-bond donors (Lipinski definition) is 2. The molecule has 0 spiro atoms. The highest BCUT2D eigenvalue weighted by Gasteiger charge is 2.14. The van der Waals surface area contributed by atoms with E-state index in [9.17, 15) is 4.79 Å². The van der Waals surface area contributed by atoms with E-state index in [4.69, 9.17) is 0 Å². The van der Waals surface area contributed by atoms with Gasteiger partial charge in [0, 0.05) is 0 Å². The number of hydrogen-bond acceptors (Lipinski definition) is 1. The third-order valence-corrected chi connectivity index (χ3v) is 4.01. The summed E-state index contributed by atoms with van der Waals surface area (Å²) in [6.07, 6.45) is 0. The van der Waals surface area contributed by atoms with Crippen molar-refractivity contribution in [3.63, 3.8) is 0 Å². The minimum atomic E-state index is -0.147. The van der Waals surface area contributed by atoms with Crippen LogP contribution < -0.4 is 10.6 Å². The number of benzene rings is 2. The largest absolute Gasteiger partial charge is 0.332 e. The van der Waals surface area contributed by atoms with Crippen LogP contribution in [0.2, 0.25) is 0 Å². The number of rotatable bonds is 4. The Labute approximate surface area is 132 Å². The molecule has 2 aromatic carbocycles. The molecule has 0 bridgehead atoms. The maximum Gasteiger partial charge on any atom is 0.315 e. The Hall–Kier alpha value is -2.29. The summed E-state index contributed by atoms with van der Waals surface area (Å²) < 4.78 is 0. The van der Waals surface area contributed by atoms with E-state index in [2.05, 4.69) is 36.6 Å². The third kappa shape index (κ3) is 3.88. The van der Waals surface area contributed by atoms with Gasteiger partial charge in [0.15, 0.2) is 0 Å². The first-order valence-corrected chi connectivity index (χ1v) is 7.67. The van der Waals surface area contributed by atoms with Crippen molar-refractivity contribution in [2.75, 3.05) is 0 Å². The van der Waals surface area contributed by atoms with E-state index in [-0.39, 0.29) is 18.1 Å². The number of amides is 2. The predicted molar refractivity (Wildman–Crippen MR) is 90.9 cm³/mol. The van der Waals surface area contributed by atoms with Crippen molar-refractivity contribution in [1.29, 1.82) is 0 Å². The summed E-state index contributed by atoms with van der Waals surface area (Å²) in [5.41, 5.74) is 4.65. The molecule has 2 unspecified atom stereocenters. The summed E-state index contributed by atoms with van der Waals surface area (Å²) in [6, 6.07) is 16.0. The molecule has 2 N–H and O–H groups in total. The number of carbonyl (C=O) groups excluding carboxylic acids is 1. The second-order valence-corrected chi connectivity index (χ2v) is 5.77. The van der Waals surface area contributed by atoms with Gasteiger partial charge in [-0.2, -0.15) is 0 Å². The minimum Gasteiger partial charge on any atom is -0.332 e. The summed E-state index contributed by atoms with van der Waals surface area (Å²) in [5, 5.41) is 6.01. The predicted octanol–water partition coefficient (Wildman–Crippen LogP) is 4.42. The molecule has 0 fully saturated rings. The standard InChI is InChI=1S/C19H24N2O/c1-13-9-5-7-11-17(13)15(3)20-19(22)21-16(4)18-12-8-6-10-14(18)2/h5-12,15-16H,1-4H3,(H2,20,21,22). The van der Waals surface area contributed by atoms with Gasteiger partial charge in [-0.25, -0.2) is 4.79 Å². The normalized spacial score (nSPS) is 13.3. The second-order valence-electron chi connectivity index (χ2n) is 5.77. The van der Waals surface area contributed by atoms with E-state index in [0.717, 1.165) is 11.1 Å². The molecule has 0 heterocycles. The number of aryl methyl sites for hydroxylation is 2. The van der Waals surface area contributed by atoms with Crippen molar-refractivity contribution in [1.82, 2.24) is 10.6 Å². The number of urea groups is 1. The van der Waals surface area contributed by atoms with Gasteiger partial charge in [-0.3, -0.25) is 0 Å². The maximum atomic E-state index is 12.2. The number of nitrogens with one attached hydrogen (secondary N) is 2. The van der Waals surface area contributed by atoms with Gasteiger partial charge in [0.1, 0.15) is 0 Å². The summed E-state index contributed by atoms with van der Waals surface area (Å²) >= 11 is 0. The minimum absolute atomic E-state index is 0.0229. The molecule has 0 aromatic heterocycles. The van der Waals surface area contributed by atoms with Crippen LogP contribution in [-0.2, 0) is 0 Å². The molecule has 0 saturated heterocycles. The van der Waals surface area contributed by atoms with Crippen molar-refractivity contribution in [2.24, 2.45) is 0 Å². The van der Waals surface area contributed by atoms with E-state index in [1.165, 1.54) is 11.1 Å². The molecule has 2 aromatic rings. The Bertz CT molecular complexity index is 596. The van der Waals surface area contributed by atoms with Crippen LogP contribution in [0.5, 0.6) is 0 Å². The Balaban J connectivity index is 1.98. The van der Waals surface area contributed by atoms with E-state index < -0.39 is 0 Å². The van der Waals surface area contributed by atoms with Crippen LogP contribution in [0.3, 0.4) is 0 Å². The van der Waals surface area contributed by atoms with E-state index >= 15 is 0 Å². The first-order chi connectivity index (χ1) is 10.5. The summed E-state index contributed by atoms with van der Waals surface area (Å²) in [7, 11) is 0. The van der Waals surface area contributed by atoms with Gasteiger partial charge < -0.3 is 10.6 Å². The molecule has 0 aliphatic carbocycles. The van der Waals surface area contributed by atoms with Gasteiger partial charge in [-0.1, -0.05) is 48.5 Å². The van der Waals surface area contributed by atoms with Crippen molar-refractivity contribution < 1.29 is 4.79 Å². The van der Waals surface area contributed by atoms with Gasteiger partial charge in [-0.15, -0.1) is 0 Å². The Morgan fingerprint density at radius 2 is 1.14 bits per heavy atom. The Morgan fingerprint density at radius 1 is 0.773 bits per heavy atom. The SMILES string of the molecule is Cc1ccccc1C(C)NC(=O)NC(C)c1ccccc1C. The lowest BCUT2D eigenvalue weighted by Gasteiger charge is -2.20. The van der Waals surface area contributed by atoms with E-state index in [1.54, 1.807) is 0 Å². The molecule has 3 heteroatoms. The van der Waals surface area contributed by atoms with Crippen molar-refractivity contribution in [2.45, 2.75) is 39.8 Å². The first kappa shape index (κ1) is 16.1. The molecule has 2 amide bonds. The quantitative estimate of drug-likeness (QED) is 0.861. The zero-order chi connectivity index (χ0) is 16.1. The van der Waals surface area contributed by atoms with Gasteiger partial charge >= 0.3 is 6.03 Å². The second kappa shape index (κ2) is 7.12. The Morgan fingerprint density at radius 3 is 1.50 bits per heavy atom. The molecule has 2 rings (SSSR count). The van der Waals surface area contributed by atoms with Crippen molar-refractivity contribution >= 4 is 6.03 Å². The van der Waals surface area contributed by atoms with Crippen LogP contribution in [0.15, 0.2) is 48.5 Å². The fraction of sp³-hybridized carbons (Fsp3) is 0.316. The molecule has 0 saturated carbocycles. The van der Waals surface area contributed by atoms with Crippen molar-refractivity contribution in [3.8, 4) is 0 Å². The average molecular weight is 296 g/mol. The maximum absolute atomic E-state index is 12.2. The molecular weight excluding hydrogens is 272 g/mol. The fourth-order valence-corrected chi connectivity index (χ4v) is 2.74. The van der Waals surface area contributed by atoms with Crippen LogP contribution in [0, 0.1) is 13.8 Å². The van der Waals surface area contributed by atoms with Crippen molar-refractivity contribution in [3.05, 3.63) is 70.8 Å². The van der Waals surface area contributed by atoms with E-state index in [1.807, 2.05) is 50.2 Å². The molecule has 0 radical (unpaired) electrons. The van der Waals surface area contributed by atoms with Crippen LogP contribution in [0.25, 0.3) is 0 Å².